The maximum atomic E-state index is 12.0. The fourth-order valence-electron chi connectivity index (χ4n) is 5.63. The molecular weight excluding hydrogens is 564 g/mol. The van der Waals surface area contributed by atoms with Crippen molar-refractivity contribution in [3.05, 3.63) is 144 Å². The van der Waals surface area contributed by atoms with Gasteiger partial charge in [0.25, 0.3) is 0 Å². The fourth-order valence-corrected chi connectivity index (χ4v) is 5.63. The van der Waals surface area contributed by atoms with Gasteiger partial charge >= 0.3 is 6.09 Å². The SMILES string of the molecule is C=CCOC(=O)NCc1ccccc1-c1ccc([C@@H]2O[C@H](CN(C)[C@@H](C)c3ccccc3)C[C@H](c3ccc(CO)cc3)O2)cc1. The average molecular weight is 607 g/mol. The van der Waals surface area contributed by atoms with E-state index in [1.165, 1.54) is 11.6 Å². The highest BCUT2D eigenvalue weighted by atomic mass is 16.7. The van der Waals surface area contributed by atoms with Crippen LogP contribution in [0.4, 0.5) is 4.79 Å². The van der Waals surface area contributed by atoms with Gasteiger partial charge in [-0.15, -0.1) is 0 Å². The van der Waals surface area contributed by atoms with Gasteiger partial charge in [-0.3, -0.25) is 4.90 Å². The number of ether oxygens (including phenoxy) is 3. The van der Waals surface area contributed by atoms with Crippen molar-refractivity contribution in [3.63, 3.8) is 0 Å². The van der Waals surface area contributed by atoms with Crippen molar-refractivity contribution in [1.82, 2.24) is 10.2 Å². The number of alkyl carbamates (subject to hydrolysis) is 1. The molecule has 0 unspecified atom stereocenters. The molecule has 45 heavy (non-hydrogen) atoms. The molecule has 1 aliphatic rings. The Balaban J connectivity index is 1.34. The normalized spacial score (nSPS) is 18.7. The third kappa shape index (κ3) is 8.47. The Hall–Kier alpha value is -4.27. The van der Waals surface area contributed by atoms with Crippen LogP contribution >= 0.6 is 0 Å². The molecule has 5 rings (SSSR count). The van der Waals surface area contributed by atoms with Gasteiger partial charge in [0, 0.05) is 31.1 Å². The van der Waals surface area contributed by atoms with Crippen molar-refractivity contribution >= 4 is 6.09 Å². The minimum atomic E-state index is -0.544. The van der Waals surface area contributed by atoms with E-state index in [1.807, 2.05) is 66.7 Å². The van der Waals surface area contributed by atoms with Gasteiger partial charge in [-0.1, -0.05) is 116 Å². The smallest absolute Gasteiger partial charge is 0.407 e. The van der Waals surface area contributed by atoms with Crippen LogP contribution in [0.3, 0.4) is 0 Å². The Morgan fingerprint density at radius 3 is 2.38 bits per heavy atom. The third-order valence-corrected chi connectivity index (χ3v) is 8.32. The van der Waals surface area contributed by atoms with Crippen LogP contribution < -0.4 is 5.32 Å². The Bertz CT molecular complexity index is 1520. The largest absolute Gasteiger partial charge is 0.445 e. The van der Waals surface area contributed by atoms with Crippen molar-refractivity contribution in [2.24, 2.45) is 0 Å². The lowest BCUT2D eigenvalue weighted by Gasteiger charge is -2.39. The van der Waals surface area contributed by atoms with Crippen LogP contribution in [0.25, 0.3) is 11.1 Å². The van der Waals surface area contributed by atoms with Crippen LogP contribution in [-0.4, -0.2) is 42.4 Å². The number of nitrogens with one attached hydrogen (secondary N) is 1. The first kappa shape index (κ1) is 32.1. The molecule has 0 spiro atoms. The monoisotopic (exact) mass is 606 g/mol. The van der Waals surface area contributed by atoms with Crippen LogP contribution in [0.2, 0.25) is 0 Å². The molecule has 1 aliphatic heterocycles. The number of aliphatic hydroxyl groups excluding tert-OH is 1. The maximum Gasteiger partial charge on any atom is 0.407 e. The highest BCUT2D eigenvalue weighted by Gasteiger charge is 2.33. The fraction of sp³-hybridized carbons (Fsp3) is 0.289. The van der Waals surface area contributed by atoms with Gasteiger partial charge in [-0.25, -0.2) is 4.79 Å². The molecule has 1 fully saturated rings. The number of hydrogen-bond donors (Lipinski definition) is 2. The molecule has 234 valence electrons. The molecule has 0 aliphatic carbocycles. The predicted octanol–water partition coefficient (Wildman–Crippen LogP) is 7.50. The highest BCUT2D eigenvalue weighted by Crippen LogP contribution is 2.39. The van der Waals surface area contributed by atoms with Gasteiger partial charge in [0.05, 0.1) is 18.8 Å². The van der Waals surface area contributed by atoms with Crippen LogP contribution in [0, 0.1) is 0 Å². The summed E-state index contributed by atoms with van der Waals surface area (Å²) in [5.74, 6) is 0. The Kier molecular flexibility index (Phi) is 11.2. The molecule has 7 heteroatoms. The molecule has 4 aromatic rings. The summed E-state index contributed by atoms with van der Waals surface area (Å²) in [6.07, 6.45) is 1.01. The van der Waals surface area contributed by atoms with Crippen LogP contribution in [0.15, 0.2) is 116 Å². The van der Waals surface area contributed by atoms with Crippen LogP contribution in [0.5, 0.6) is 0 Å². The second-order valence-electron chi connectivity index (χ2n) is 11.4. The maximum absolute atomic E-state index is 12.0. The number of carbonyl (C=O) groups excluding carboxylic acids is 1. The second kappa shape index (κ2) is 15.6. The number of hydrogen-bond acceptors (Lipinski definition) is 6. The van der Waals surface area contributed by atoms with Crippen molar-refractivity contribution in [2.75, 3.05) is 20.2 Å². The van der Waals surface area contributed by atoms with E-state index in [0.717, 1.165) is 39.9 Å². The third-order valence-electron chi connectivity index (χ3n) is 8.32. The van der Waals surface area contributed by atoms with E-state index in [1.54, 1.807) is 0 Å². The number of rotatable bonds is 12. The molecule has 2 N–H and O–H groups in total. The quantitative estimate of drug-likeness (QED) is 0.163. The minimum Gasteiger partial charge on any atom is -0.445 e. The molecular formula is C38H42N2O5. The Morgan fingerprint density at radius 2 is 1.67 bits per heavy atom. The lowest BCUT2D eigenvalue weighted by atomic mass is 9.97. The number of aliphatic hydroxyl groups is 1. The van der Waals surface area contributed by atoms with E-state index in [-0.39, 0.29) is 31.5 Å². The van der Waals surface area contributed by atoms with E-state index in [9.17, 15) is 9.90 Å². The number of nitrogens with zero attached hydrogens (tertiary/aromatic N) is 1. The van der Waals surface area contributed by atoms with Crippen LogP contribution in [0.1, 0.15) is 59.6 Å². The van der Waals surface area contributed by atoms with Gasteiger partial charge in [-0.2, -0.15) is 0 Å². The minimum absolute atomic E-state index is 0.00721. The van der Waals surface area contributed by atoms with E-state index in [0.29, 0.717) is 13.0 Å². The zero-order valence-corrected chi connectivity index (χ0v) is 26.0. The van der Waals surface area contributed by atoms with E-state index in [4.69, 9.17) is 14.2 Å². The summed E-state index contributed by atoms with van der Waals surface area (Å²) < 4.78 is 18.3. The summed E-state index contributed by atoms with van der Waals surface area (Å²) in [6, 6.07) is 34.9. The first-order valence-electron chi connectivity index (χ1n) is 15.4. The molecule has 4 atom stereocenters. The number of carbonyl (C=O) groups is 1. The molecule has 1 amide bonds. The van der Waals surface area contributed by atoms with Gasteiger partial charge in [0.1, 0.15) is 6.61 Å². The molecule has 7 nitrogen and oxygen atoms in total. The zero-order valence-electron chi connectivity index (χ0n) is 26.0. The molecule has 1 heterocycles. The lowest BCUT2D eigenvalue weighted by Crippen LogP contribution is -2.38. The zero-order chi connectivity index (χ0) is 31.6. The molecule has 0 saturated carbocycles. The predicted molar refractivity (Wildman–Crippen MR) is 176 cm³/mol. The van der Waals surface area contributed by atoms with E-state index < -0.39 is 12.4 Å². The van der Waals surface area contributed by atoms with Crippen molar-refractivity contribution in [1.29, 1.82) is 0 Å². The van der Waals surface area contributed by atoms with E-state index >= 15 is 0 Å². The molecule has 4 aromatic carbocycles. The summed E-state index contributed by atoms with van der Waals surface area (Å²) in [5, 5.41) is 12.3. The van der Waals surface area contributed by atoms with E-state index in [2.05, 4.69) is 67.2 Å². The Morgan fingerprint density at radius 1 is 0.978 bits per heavy atom. The van der Waals surface area contributed by atoms with Gasteiger partial charge < -0.3 is 24.6 Å². The lowest BCUT2D eigenvalue weighted by molar-refractivity contribution is -0.253. The molecule has 0 radical (unpaired) electrons. The van der Waals surface area contributed by atoms with Gasteiger partial charge in [0.2, 0.25) is 0 Å². The highest BCUT2D eigenvalue weighted by molar-refractivity contribution is 5.70. The van der Waals surface area contributed by atoms with Gasteiger partial charge in [-0.05, 0) is 47.4 Å². The summed E-state index contributed by atoms with van der Waals surface area (Å²) in [6.45, 7) is 7.05. The molecule has 0 aromatic heterocycles. The van der Waals surface area contributed by atoms with Gasteiger partial charge in [0.15, 0.2) is 6.29 Å². The molecule has 1 saturated heterocycles. The number of benzene rings is 4. The van der Waals surface area contributed by atoms with Crippen molar-refractivity contribution in [3.8, 4) is 11.1 Å². The van der Waals surface area contributed by atoms with Crippen LogP contribution in [-0.2, 0) is 27.4 Å². The second-order valence-corrected chi connectivity index (χ2v) is 11.4. The Labute approximate surface area is 266 Å². The molecule has 0 bridgehead atoms. The summed E-state index contributed by atoms with van der Waals surface area (Å²) in [7, 11) is 2.14. The van der Waals surface area contributed by atoms with Crippen molar-refractivity contribution < 1.29 is 24.1 Å². The first-order chi connectivity index (χ1) is 21.9. The summed E-state index contributed by atoms with van der Waals surface area (Å²) >= 11 is 0. The summed E-state index contributed by atoms with van der Waals surface area (Å²) in [4.78, 5) is 14.3. The average Bonchev–Trinajstić information content (AvgIpc) is 3.10. The topological polar surface area (TPSA) is 80.3 Å². The number of amides is 1. The number of likely N-dealkylation sites (N-methyl/N-ethyl adjacent to an activating group) is 1. The van der Waals surface area contributed by atoms with Crippen molar-refractivity contribution in [2.45, 2.75) is 51.0 Å². The standard InChI is InChI=1S/C38H42N2O5/c1-4-22-43-38(42)39-24-33-12-8-9-13-35(33)30-18-20-32(21-19-30)37-44-34(25-40(3)27(2)29-10-6-5-7-11-29)23-36(45-37)31-16-14-28(26-41)15-17-31/h4-21,27,34,36-37,41H,1,22-26H2,2-3H3,(H,39,42)/t27-,34-,36+,37+/m0/s1. The summed E-state index contributed by atoms with van der Waals surface area (Å²) in [5.41, 5.74) is 7.16. The first-order valence-corrected chi connectivity index (χ1v) is 15.4.